The molecule has 0 aliphatic rings. The summed E-state index contributed by atoms with van der Waals surface area (Å²) in [6, 6.07) is 10.4. The molecule has 0 unspecified atom stereocenters. The van der Waals surface area contributed by atoms with E-state index in [1.807, 2.05) is 12.5 Å². The maximum absolute atomic E-state index is 6.91. The topological polar surface area (TPSA) is 23.8 Å². The van der Waals surface area contributed by atoms with E-state index in [4.69, 9.17) is 5.73 Å². The van der Waals surface area contributed by atoms with E-state index in [2.05, 4.69) is 24.3 Å². The van der Waals surface area contributed by atoms with E-state index < -0.39 is 0 Å². The van der Waals surface area contributed by atoms with Gasteiger partial charge in [-0.25, -0.2) is 0 Å². The molecule has 72 valence electrons. The van der Waals surface area contributed by atoms with Crippen LogP contribution in [0.3, 0.4) is 0 Å². The molecule has 0 aliphatic heterocycles. The summed E-state index contributed by atoms with van der Waals surface area (Å²) in [5.74, 6) is 0. The smallest absolute Gasteiger partial charge is 0.703 e. The zero-order valence-electron chi connectivity index (χ0n) is 6.85. The van der Waals surface area contributed by atoms with Gasteiger partial charge in [0.25, 0.3) is 0 Å². The molecule has 0 aliphatic carbocycles. The summed E-state index contributed by atoms with van der Waals surface area (Å²) in [5, 5.41) is 0. The molecule has 1 aromatic carbocycles. The molecular weight excluding hydrogens is 307 g/mol. The van der Waals surface area contributed by atoms with Crippen LogP contribution in [-0.2, 0) is 6.42 Å². The Morgan fingerprint density at radius 1 is 1.17 bits per heavy atom. The molecule has 0 heterocycles. The van der Waals surface area contributed by atoms with Crippen LogP contribution in [0.1, 0.15) is 12.0 Å². The average Bonchev–Trinajstić information content (AvgIpc) is 2.07. The Morgan fingerprint density at radius 3 is 2.42 bits per heavy atom. The molecule has 0 amide bonds. The van der Waals surface area contributed by atoms with E-state index in [9.17, 15) is 0 Å². The van der Waals surface area contributed by atoms with Crippen LogP contribution in [0.15, 0.2) is 30.3 Å². The molecule has 12 heavy (non-hydrogen) atoms. The second-order valence-electron chi connectivity index (χ2n) is 2.52. The molecule has 0 bridgehead atoms. The molecule has 1 N–H and O–H groups in total. The number of unbranched alkanes of at least 4 members (excludes halogenated alkanes) is 1. The number of rotatable bonds is 4. The largest absolute Gasteiger partial charge is 2.00 e. The van der Waals surface area contributed by atoms with Crippen molar-refractivity contribution in [3.63, 3.8) is 0 Å². The fourth-order valence-electron chi connectivity index (χ4n) is 1.02. The third-order valence-electron chi connectivity index (χ3n) is 1.62. The summed E-state index contributed by atoms with van der Waals surface area (Å²) in [5.41, 5.74) is 8.27. The summed E-state index contributed by atoms with van der Waals surface area (Å²) in [6.45, 7) is 0.437. The van der Waals surface area contributed by atoms with Crippen LogP contribution < -0.4 is 0 Å². The van der Waals surface area contributed by atoms with Gasteiger partial charge in [-0.1, -0.05) is 42.3 Å². The van der Waals surface area contributed by atoms with Gasteiger partial charge in [-0.05, 0) is 0 Å². The Labute approximate surface area is 113 Å². The normalized spacial score (nSPS) is 9.08. The van der Waals surface area contributed by atoms with Crippen molar-refractivity contribution in [3.05, 3.63) is 48.0 Å². The number of aryl methyl sites for hydroxylation is 1. The third kappa shape index (κ3) is 5.36. The number of hydrogen-bond acceptors (Lipinski definition) is 0. The molecule has 1 rings (SSSR count). The van der Waals surface area contributed by atoms with Gasteiger partial charge in [-0.2, -0.15) is 6.42 Å². The van der Waals surface area contributed by atoms with E-state index in [0.717, 1.165) is 12.8 Å². The Morgan fingerprint density at radius 2 is 1.83 bits per heavy atom. The van der Waals surface area contributed by atoms with Crippen molar-refractivity contribution in [1.82, 2.24) is 0 Å². The summed E-state index contributed by atoms with van der Waals surface area (Å²) < 4.78 is 0. The molecule has 0 saturated carbocycles. The monoisotopic (exact) mass is 321 g/mol. The standard InChI is InChI=1S/C10H13N.Yb/c11-9-5-4-8-10-6-2-1-3-7-10;/h1-3,5-7,11H,4,8-9H2;/q-2;+2. The second-order valence-corrected chi connectivity index (χ2v) is 2.52. The van der Waals surface area contributed by atoms with E-state index in [1.165, 1.54) is 5.56 Å². The van der Waals surface area contributed by atoms with Gasteiger partial charge < -0.3 is 12.2 Å². The van der Waals surface area contributed by atoms with Crippen molar-refractivity contribution >= 4 is 0 Å². The summed E-state index contributed by atoms with van der Waals surface area (Å²) in [6.07, 6.45) is 4.08. The van der Waals surface area contributed by atoms with Crippen molar-refractivity contribution in [2.24, 2.45) is 0 Å². The van der Waals surface area contributed by atoms with Crippen molar-refractivity contribution in [3.8, 4) is 0 Å². The predicted molar refractivity (Wildman–Crippen MR) is 48.3 cm³/mol. The number of benzene rings is 1. The van der Waals surface area contributed by atoms with Crippen molar-refractivity contribution < 1.29 is 46.9 Å². The zero-order chi connectivity index (χ0) is 7.94. The Kier molecular flexibility index (Phi) is 8.79. The van der Waals surface area contributed by atoms with E-state index in [0.29, 0.717) is 6.54 Å². The molecule has 0 aromatic heterocycles. The molecule has 2 heteroatoms. The van der Waals surface area contributed by atoms with E-state index >= 15 is 0 Å². The first-order valence-electron chi connectivity index (χ1n) is 3.93. The van der Waals surface area contributed by atoms with Gasteiger partial charge in [-0.3, -0.25) is 6.54 Å². The Bertz CT molecular complexity index is 186. The Balaban J connectivity index is 0.00000121. The predicted octanol–water partition coefficient (Wildman–Crippen LogP) is 2.88. The van der Waals surface area contributed by atoms with Crippen LogP contribution in [0.2, 0.25) is 0 Å². The van der Waals surface area contributed by atoms with E-state index in [1.54, 1.807) is 0 Å². The van der Waals surface area contributed by atoms with Gasteiger partial charge in [0, 0.05) is 0 Å². The first-order chi connectivity index (χ1) is 5.43. The van der Waals surface area contributed by atoms with Crippen LogP contribution in [0.5, 0.6) is 0 Å². The minimum atomic E-state index is 0. The first kappa shape index (κ1) is 12.7. The summed E-state index contributed by atoms with van der Waals surface area (Å²) >= 11 is 0. The van der Waals surface area contributed by atoms with Crippen LogP contribution in [0.25, 0.3) is 5.73 Å². The maximum atomic E-state index is 6.91. The summed E-state index contributed by atoms with van der Waals surface area (Å²) in [4.78, 5) is 0. The SMILES string of the molecule is [NH-]C[CH-]CCc1ccccc1.[Yb+2]. The maximum Gasteiger partial charge on any atom is 2.00 e. The van der Waals surface area contributed by atoms with Gasteiger partial charge in [-0.15, -0.1) is 0 Å². The van der Waals surface area contributed by atoms with Gasteiger partial charge >= 0.3 is 46.9 Å². The minimum Gasteiger partial charge on any atom is -0.703 e. The number of hydrogen-bond donors (Lipinski definition) is 0. The minimum absolute atomic E-state index is 0. The van der Waals surface area contributed by atoms with Crippen molar-refractivity contribution in [2.45, 2.75) is 12.8 Å². The van der Waals surface area contributed by atoms with Gasteiger partial charge in [0.2, 0.25) is 0 Å². The summed E-state index contributed by atoms with van der Waals surface area (Å²) in [7, 11) is 0. The molecule has 0 spiro atoms. The first-order valence-corrected chi connectivity index (χ1v) is 3.93. The fraction of sp³-hybridized carbons (Fsp3) is 0.300. The zero-order valence-corrected chi connectivity index (χ0v) is 8.57. The van der Waals surface area contributed by atoms with Crippen LogP contribution in [0.4, 0.5) is 0 Å². The second kappa shape index (κ2) is 8.30. The molecule has 0 saturated heterocycles. The van der Waals surface area contributed by atoms with Crippen molar-refractivity contribution in [2.75, 3.05) is 6.54 Å². The quantitative estimate of drug-likeness (QED) is 0.602. The fourth-order valence-corrected chi connectivity index (χ4v) is 1.02. The molecule has 0 fully saturated rings. The molecule has 0 atom stereocenters. The van der Waals surface area contributed by atoms with E-state index in [-0.39, 0.29) is 46.9 Å². The van der Waals surface area contributed by atoms with Gasteiger partial charge in [0.1, 0.15) is 0 Å². The Hall–Kier alpha value is 0.699. The molecule has 1 nitrogen and oxygen atoms in total. The van der Waals surface area contributed by atoms with Gasteiger partial charge in [0.15, 0.2) is 0 Å². The van der Waals surface area contributed by atoms with Crippen molar-refractivity contribution in [1.29, 1.82) is 0 Å². The third-order valence-corrected chi connectivity index (χ3v) is 1.62. The van der Waals surface area contributed by atoms with Gasteiger partial charge in [0.05, 0.1) is 0 Å². The van der Waals surface area contributed by atoms with Crippen LogP contribution >= 0.6 is 0 Å². The molecule has 0 radical (unpaired) electrons. The van der Waals surface area contributed by atoms with Crippen LogP contribution in [0, 0.1) is 53.3 Å². The average molecular weight is 320 g/mol. The molecule has 1 aromatic rings. The molecular formula is C10H13NYb. The number of nitrogens with one attached hydrogen (secondary N) is 1. The van der Waals surface area contributed by atoms with Crippen LogP contribution in [-0.4, -0.2) is 6.54 Å².